The molecule has 4 atom stereocenters. The van der Waals surface area contributed by atoms with Crippen LogP contribution < -0.4 is 16.8 Å². The molecule has 0 aromatic heterocycles. The molecule has 0 saturated heterocycles. The number of rotatable bonds is 15. The number of benzene rings is 4. The molecular weight excluding hydrogens is 615 g/mol. The number of thioether (sulfide) groups is 1. The van der Waals surface area contributed by atoms with Gasteiger partial charge in [-0.15, -0.1) is 11.8 Å². The Bertz CT molecular complexity index is 1490. The summed E-state index contributed by atoms with van der Waals surface area (Å²) in [5.41, 5.74) is 16.9. The Labute approximate surface area is 280 Å². The smallest absolute Gasteiger partial charge is 0.327 e. The Kier molecular flexibility index (Phi) is 11.9. The molecule has 0 bridgehead atoms. The van der Waals surface area contributed by atoms with E-state index in [-0.39, 0.29) is 18.0 Å². The van der Waals surface area contributed by atoms with Crippen molar-refractivity contribution in [2.24, 2.45) is 11.5 Å². The van der Waals surface area contributed by atoms with Crippen LogP contribution in [0.15, 0.2) is 121 Å². The number of Topliss-reactive ketones (excluding diaryl/α,β-unsaturated/α-hetero) is 1. The van der Waals surface area contributed by atoms with Crippen LogP contribution in [0, 0.1) is 0 Å². The maximum Gasteiger partial charge on any atom is 0.327 e. The third-order valence-electron chi connectivity index (χ3n) is 8.00. The molecule has 0 heterocycles. The molecule has 0 aliphatic heterocycles. The number of carbonyl (C=O) groups excluding carboxylic acids is 2. The summed E-state index contributed by atoms with van der Waals surface area (Å²) in [6.07, 6.45) is -0.0480. The monoisotopic (exact) mass is 655 g/mol. The first-order valence-electron chi connectivity index (χ1n) is 15.1. The molecule has 6 N–H and O–H groups in total. The fourth-order valence-corrected chi connectivity index (χ4v) is 7.25. The molecular formula is C37H41N3O4S2. The van der Waals surface area contributed by atoms with E-state index in [1.54, 1.807) is 25.6 Å². The number of nitrogens with one attached hydrogen (secondary N) is 1. The number of hydrogen-bond acceptors (Lipinski definition) is 7. The van der Waals surface area contributed by atoms with E-state index in [0.717, 1.165) is 16.7 Å². The molecule has 9 heteroatoms. The van der Waals surface area contributed by atoms with Gasteiger partial charge in [-0.05, 0) is 42.5 Å². The fourth-order valence-electron chi connectivity index (χ4n) is 5.58. The molecule has 0 spiro atoms. The lowest BCUT2D eigenvalue weighted by Crippen LogP contribution is -2.55. The summed E-state index contributed by atoms with van der Waals surface area (Å²) < 4.78 is -1.70. The average molecular weight is 656 g/mol. The normalized spacial score (nSPS) is 14.5. The highest BCUT2D eigenvalue weighted by molar-refractivity contribution is 8.00. The summed E-state index contributed by atoms with van der Waals surface area (Å²) in [6.45, 7) is 3.18. The first-order valence-corrected chi connectivity index (χ1v) is 16.5. The first kappa shape index (κ1) is 35.0. The number of nitrogens with two attached hydrogens (primary N) is 2. The maximum atomic E-state index is 14.2. The standard InChI is InChI=1S/C37H41N3O4S2/c1-36(2,45)33(35(43)44)40-34(42)30(38)23-29(25-15-7-3-8-16-25)32(41)31(39)24-46-37(26-17-9-4-10-18-26,27-19-11-5-12-20-27)28-21-13-6-14-22-28/h3-22,29-31,33,45H,23-24,38-39H2,1-2H3,(H,40,42)(H,43,44)/t29?,30?,31-,33+/m1/s1. The second kappa shape index (κ2) is 15.6. The van der Waals surface area contributed by atoms with Crippen LogP contribution in [0.1, 0.15) is 48.4 Å². The summed E-state index contributed by atoms with van der Waals surface area (Å²) in [7, 11) is 0. The first-order chi connectivity index (χ1) is 21.9. The lowest BCUT2D eigenvalue weighted by atomic mass is 9.84. The number of carboxylic acid groups (broad SMARTS) is 1. The predicted octanol–water partition coefficient (Wildman–Crippen LogP) is 5.39. The highest BCUT2D eigenvalue weighted by atomic mass is 32.2. The van der Waals surface area contributed by atoms with Gasteiger partial charge in [-0.3, -0.25) is 9.59 Å². The van der Waals surface area contributed by atoms with E-state index in [0.29, 0.717) is 5.56 Å². The molecule has 0 fully saturated rings. The molecule has 46 heavy (non-hydrogen) atoms. The highest BCUT2D eigenvalue weighted by Gasteiger charge is 2.40. The van der Waals surface area contributed by atoms with Crippen LogP contribution in [-0.2, 0) is 19.1 Å². The summed E-state index contributed by atoms with van der Waals surface area (Å²) in [5.74, 6) is -2.67. The Hall–Kier alpha value is -3.89. The quantitative estimate of drug-likeness (QED) is 0.0857. The Morgan fingerprint density at radius 2 is 1.15 bits per heavy atom. The average Bonchev–Trinajstić information content (AvgIpc) is 3.07. The van der Waals surface area contributed by atoms with Crippen molar-refractivity contribution in [1.82, 2.24) is 5.32 Å². The Morgan fingerprint density at radius 1 is 0.739 bits per heavy atom. The van der Waals surface area contributed by atoms with Gasteiger partial charge in [0.15, 0.2) is 5.78 Å². The van der Waals surface area contributed by atoms with E-state index in [1.807, 2.05) is 84.9 Å². The molecule has 240 valence electrons. The topological polar surface area (TPSA) is 136 Å². The van der Waals surface area contributed by atoms with Crippen molar-refractivity contribution in [3.8, 4) is 0 Å². The van der Waals surface area contributed by atoms with Crippen molar-refractivity contribution in [2.45, 2.75) is 53.8 Å². The molecule has 0 saturated carbocycles. The Morgan fingerprint density at radius 3 is 1.54 bits per heavy atom. The molecule has 0 aliphatic rings. The van der Waals surface area contributed by atoms with Gasteiger partial charge < -0.3 is 21.9 Å². The summed E-state index contributed by atoms with van der Waals surface area (Å²) in [6, 6.07) is 36.2. The molecule has 0 aliphatic carbocycles. The summed E-state index contributed by atoms with van der Waals surface area (Å²) >= 11 is 5.92. The van der Waals surface area contributed by atoms with E-state index in [1.165, 1.54) is 0 Å². The van der Waals surface area contributed by atoms with E-state index in [9.17, 15) is 19.5 Å². The van der Waals surface area contributed by atoms with Gasteiger partial charge in [0.1, 0.15) is 6.04 Å². The van der Waals surface area contributed by atoms with Crippen LogP contribution in [0.25, 0.3) is 0 Å². The molecule has 0 radical (unpaired) electrons. The van der Waals surface area contributed by atoms with Gasteiger partial charge in [0, 0.05) is 16.4 Å². The van der Waals surface area contributed by atoms with Gasteiger partial charge in [-0.1, -0.05) is 121 Å². The van der Waals surface area contributed by atoms with Gasteiger partial charge in [-0.25, -0.2) is 4.79 Å². The molecule has 4 aromatic rings. The lowest BCUT2D eigenvalue weighted by molar-refractivity contribution is -0.142. The zero-order chi connectivity index (χ0) is 33.3. The van der Waals surface area contributed by atoms with Gasteiger partial charge in [-0.2, -0.15) is 12.6 Å². The van der Waals surface area contributed by atoms with E-state index in [4.69, 9.17) is 11.5 Å². The predicted molar refractivity (Wildman–Crippen MR) is 189 cm³/mol. The van der Waals surface area contributed by atoms with Crippen LogP contribution in [0.4, 0.5) is 0 Å². The number of ketones is 1. The molecule has 1 amide bonds. The second-order valence-electron chi connectivity index (χ2n) is 11.8. The summed E-state index contributed by atoms with van der Waals surface area (Å²) in [5, 5.41) is 12.1. The molecule has 4 rings (SSSR count). The van der Waals surface area contributed by atoms with E-state index in [2.05, 4.69) is 54.3 Å². The van der Waals surface area contributed by atoms with Crippen molar-refractivity contribution in [3.05, 3.63) is 144 Å². The zero-order valence-corrected chi connectivity index (χ0v) is 27.7. The van der Waals surface area contributed by atoms with Gasteiger partial charge in [0.2, 0.25) is 5.91 Å². The number of thiol groups is 1. The van der Waals surface area contributed by atoms with Crippen LogP contribution in [0.3, 0.4) is 0 Å². The van der Waals surface area contributed by atoms with Crippen molar-refractivity contribution in [1.29, 1.82) is 0 Å². The molecule has 4 aromatic carbocycles. The van der Waals surface area contributed by atoms with E-state index < -0.39 is 45.4 Å². The maximum absolute atomic E-state index is 14.2. The number of hydrogen-bond donors (Lipinski definition) is 5. The highest BCUT2D eigenvalue weighted by Crippen LogP contribution is 2.48. The third kappa shape index (κ3) is 8.27. The van der Waals surface area contributed by atoms with Crippen LogP contribution in [0.2, 0.25) is 0 Å². The zero-order valence-electron chi connectivity index (χ0n) is 26.0. The third-order valence-corrected chi connectivity index (χ3v) is 9.92. The van der Waals surface area contributed by atoms with Crippen molar-refractivity contribution in [3.63, 3.8) is 0 Å². The second-order valence-corrected chi connectivity index (χ2v) is 14.2. The van der Waals surface area contributed by atoms with Crippen molar-refractivity contribution >= 4 is 42.1 Å². The number of carboxylic acids is 1. The van der Waals surface area contributed by atoms with Crippen LogP contribution in [-0.4, -0.2) is 51.4 Å². The SMILES string of the molecule is CC(C)(S)[C@@H](NC(=O)C(N)CC(C(=O)[C@H](N)CSC(c1ccccc1)(c1ccccc1)c1ccccc1)c1ccccc1)C(=O)O. The van der Waals surface area contributed by atoms with Crippen molar-refractivity contribution < 1.29 is 19.5 Å². The number of carbonyl (C=O) groups is 3. The summed E-state index contributed by atoms with van der Waals surface area (Å²) in [4.78, 5) is 39.1. The van der Waals surface area contributed by atoms with Crippen LogP contribution >= 0.6 is 24.4 Å². The minimum Gasteiger partial charge on any atom is -0.480 e. The minimum absolute atomic E-state index is 0.0480. The lowest BCUT2D eigenvalue weighted by Gasteiger charge is -2.36. The fraction of sp³-hybridized carbons (Fsp3) is 0.270. The van der Waals surface area contributed by atoms with Crippen LogP contribution in [0.5, 0.6) is 0 Å². The molecule has 7 nitrogen and oxygen atoms in total. The molecule has 2 unspecified atom stereocenters. The van der Waals surface area contributed by atoms with Gasteiger partial charge in [0.05, 0.1) is 16.8 Å². The Balaban J connectivity index is 1.64. The minimum atomic E-state index is -1.28. The van der Waals surface area contributed by atoms with Gasteiger partial charge in [0.25, 0.3) is 0 Å². The van der Waals surface area contributed by atoms with Crippen molar-refractivity contribution in [2.75, 3.05) is 5.75 Å². The van der Waals surface area contributed by atoms with Gasteiger partial charge >= 0.3 is 5.97 Å². The number of amides is 1. The van der Waals surface area contributed by atoms with E-state index >= 15 is 0 Å². The number of aliphatic carboxylic acids is 1. The largest absolute Gasteiger partial charge is 0.480 e.